The minimum absolute atomic E-state index is 0.207. The van der Waals surface area contributed by atoms with E-state index in [1.807, 2.05) is 19.1 Å². The highest BCUT2D eigenvalue weighted by atomic mass is 35.5. The lowest BCUT2D eigenvalue weighted by atomic mass is 10.3. The van der Waals surface area contributed by atoms with Crippen LogP contribution >= 0.6 is 23.4 Å². The first kappa shape index (κ1) is 10.8. The van der Waals surface area contributed by atoms with E-state index in [4.69, 9.17) is 16.7 Å². The van der Waals surface area contributed by atoms with Gasteiger partial charge in [0.25, 0.3) is 0 Å². The van der Waals surface area contributed by atoms with Crippen LogP contribution in [0.15, 0.2) is 23.4 Å². The van der Waals surface area contributed by atoms with Gasteiger partial charge >= 0.3 is 0 Å². The minimum Gasteiger partial charge on any atom is -0.396 e. The lowest BCUT2D eigenvalue weighted by Gasteiger charge is -2.08. The summed E-state index contributed by atoms with van der Waals surface area (Å²) in [6.07, 6.45) is 2.48. The molecule has 1 atom stereocenters. The molecule has 0 spiro atoms. The van der Waals surface area contributed by atoms with Gasteiger partial charge in [0.1, 0.15) is 5.03 Å². The molecule has 1 aromatic heterocycles. The molecule has 1 heterocycles. The molecule has 2 nitrogen and oxygen atoms in total. The summed E-state index contributed by atoms with van der Waals surface area (Å²) >= 11 is 7.51. The molecule has 0 radical (unpaired) electrons. The third kappa shape index (κ3) is 3.55. The standard InChI is InChI=1S/C9H12ClNOS/c1-7(4-6-12)13-9-8(10)3-2-5-11-9/h2-3,5,7,12H,4,6H2,1H3. The van der Waals surface area contributed by atoms with E-state index in [1.54, 1.807) is 18.0 Å². The van der Waals surface area contributed by atoms with Crippen LogP contribution in [-0.4, -0.2) is 21.9 Å². The van der Waals surface area contributed by atoms with Crippen molar-refractivity contribution in [2.45, 2.75) is 23.6 Å². The number of halogens is 1. The van der Waals surface area contributed by atoms with Gasteiger partial charge in [-0.1, -0.05) is 18.5 Å². The molecule has 0 aliphatic carbocycles. The van der Waals surface area contributed by atoms with Crippen molar-refractivity contribution in [3.05, 3.63) is 23.4 Å². The molecule has 1 N–H and O–H groups in total. The van der Waals surface area contributed by atoms with E-state index in [0.717, 1.165) is 11.4 Å². The molecule has 72 valence electrons. The summed E-state index contributed by atoms with van der Waals surface area (Å²) in [6, 6.07) is 3.63. The maximum absolute atomic E-state index is 8.72. The van der Waals surface area contributed by atoms with E-state index in [9.17, 15) is 0 Å². The average Bonchev–Trinajstić information content (AvgIpc) is 2.09. The molecular formula is C9H12ClNOS. The second kappa shape index (κ2) is 5.47. The highest BCUT2D eigenvalue weighted by Gasteiger charge is 2.07. The number of nitrogens with zero attached hydrogens (tertiary/aromatic N) is 1. The Kier molecular flexibility index (Phi) is 4.56. The lowest BCUT2D eigenvalue weighted by Crippen LogP contribution is -1.99. The predicted molar refractivity (Wildman–Crippen MR) is 56.3 cm³/mol. The lowest BCUT2D eigenvalue weighted by molar-refractivity contribution is 0.289. The molecule has 1 unspecified atom stereocenters. The van der Waals surface area contributed by atoms with Crippen LogP contribution in [-0.2, 0) is 0 Å². The highest BCUT2D eigenvalue weighted by molar-refractivity contribution is 7.99. The number of thioether (sulfide) groups is 1. The van der Waals surface area contributed by atoms with Gasteiger partial charge in [-0.05, 0) is 18.6 Å². The Hall–Kier alpha value is -0.250. The topological polar surface area (TPSA) is 33.1 Å². The van der Waals surface area contributed by atoms with Crippen molar-refractivity contribution in [1.82, 2.24) is 4.98 Å². The van der Waals surface area contributed by atoms with Crippen molar-refractivity contribution < 1.29 is 5.11 Å². The summed E-state index contributed by atoms with van der Waals surface area (Å²) in [6.45, 7) is 2.25. The van der Waals surface area contributed by atoms with Crippen molar-refractivity contribution in [2.24, 2.45) is 0 Å². The van der Waals surface area contributed by atoms with Crippen LogP contribution in [0.5, 0.6) is 0 Å². The Bertz CT molecular complexity index is 270. The maximum atomic E-state index is 8.72. The Balaban J connectivity index is 2.58. The normalized spacial score (nSPS) is 12.8. The van der Waals surface area contributed by atoms with Gasteiger partial charge in [0.2, 0.25) is 0 Å². The van der Waals surface area contributed by atoms with Crippen molar-refractivity contribution in [1.29, 1.82) is 0 Å². The number of aromatic nitrogens is 1. The van der Waals surface area contributed by atoms with Gasteiger partial charge in [-0.25, -0.2) is 4.98 Å². The molecule has 0 aromatic carbocycles. The average molecular weight is 218 g/mol. The second-order valence-corrected chi connectivity index (χ2v) is 4.57. The van der Waals surface area contributed by atoms with Crippen molar-refractivity contribution in [2.75, 3.05) is 6.61 Å². The molecule has 0 amide bonds. The molecule has 1 aromatic rings. The molecule has 0 saturated carbocycles. The fraction of sp³-hybridized carbons (Fsp3) is 0.444. The van der Waals surface area contributed by atoms with E-state index in [0.29, 0.717) is 10.3 Å². The summed E-state index contributed by atoms with van der Waals surface area (Å²) < 4.78 is 0. The molecule has 0 bridgehead atoms. The monoisotopic (exact) mass is 217 g/mol. The van der Waals surface area contributed by atoms with E-state index in [-0.39, 0.29) is 6.61 Å². The van der Waals surface area contributed by atoms with Crippen LogP contribution in [0.4, 0.5) is 0 Å². The number of rotatable bonds is 4. The van der Waals surface area contributed by atoms with E-state index >= 15 is 0 Å². The quantitative estimate of drug-likeness (QED) is 0.788. The Morgan fingerprint density at radius 2 is 2.46 bits per heavy atom. The zero-order valence-corrected chi connectivity index (χ0v) is 8.98. The summed E-state index contributed by atoms with van der Waals surface area (Å²) in [5.41, 5.74) is 0. The first-order valence-electron chi connectivity index (χ1n) is 4.12. The zero-order chi connectivity index (χ0) is 9.68. The maximum Gasteiger partial charge on any atom is 0.115 e. The number of hydrogen-bond donors (Lipinski definition) is 1. The largest absolute Gasteiger partial charge is 0.396 e. The van der Waals surface area contributed by atoms with Crippen molar-refractivity contribution >= 4 is 23.4 Å². The van der Waals surface area contributed by atoms with E-state index in [1.165, 1.54) is 0 Å². The fourth-order valence-corrected chi connectivity index (χ4v) is 2.05. The van der Waals surface area contributed by atoms with Crippen molar-refractivity contribution in [3.8, 4) is 0 Å². The summed E-state index contributed by atoms with van der Waals surface area (Å²) in [7, 11) is 0. The zero-order valence-electron chi connectivity index (χ0n) is 7.40. The number of pyridine rings is 1. The molecule has 1 rings (SSSR count). The van der Waals surface area contributed by atoms with Gasteiger partial charge in [-0.15, -0.1) is 11.8 Å². The molecule has 0 saturated heterocycles. The SMILES string of the molecule is CC(CCO)Sc1ncccc1Cl. The van der Waals surface area contributed by atoms with E-state index < -0.39 is 0 Å². The van der Waals surface area contributed by atoms with Crippen LogP contribution in [0.3, 0.4) is 0 Å². The molecule has 13 heavy (non-hydrogen) atoms. The van der Waals surface area contributed by atoms with Gasteiger partial charge in [0.05, 0.1) is 5.02 Å². The van der Waals surface area contributed by atoms with Gasteiger partial charge in [-0.3, -0.25) is 0 Å². The molecular weight excluding hydrogens is 206 g/mol. The Labute approximate surface area is 87.3 Å². The fourth-order valence-electron chi connectivity index (χ4n) is 0.889. The van der Waals surface area contributed by atoms with Crippen LogP contribution in [0.1, 0.15) is 13.3 Å². The minimum atomic E-state index is 0.207. The van der Waals surface area contributed by atoms with Crippen LogP contribution in [0.2, 0.25) is 5.02 Å². The third-order valence-electron chi connectivity index (χ3n) is 1.57. The van der Waals surface area contributed by atoms with Crippen LogP contribution in [0.25, 0.3) is 0 Å². The Morgan fingerprint density at radius 1 is 1.69 bits per heavy atom. The van der Waals surface area contributed by atoms with Gasteiger partial charge < -0.3 is 5.11 Å². The molecule has 4 heteroatoms. The summed E-state index contributed by atoms with van der Waals surface area (Å²) in [5.74, 6) is 0. The predicted octanol–water partition coefficient (Wildman–Crippen LogP) is 2.60. The highest BCUT2D eigenvalue weighted by Crippen LogP contribution is 2.28. The van der Waals surface area contributed by atoms with Crippen LogP contribution < -0.4 is 0 Å². The van der Waals surface area contributed by atoms with Gasteiger partial charge in [-0.2, -0.15) is 0 Å². The number of aliphatic hydroxyl groups is 1. The smallest absolute Gasteiger partial charge is 0.115 e. The van der Waals surface area contributed by atoms with Crippen LogP contribution in [0, 0.1) is 0 Å². The Morgan fingerprint density at radius 3 is 3.08 bits per heavy atom. The molecule has 0 fully saturated rings. The summed E-state index contributed by atoms with van der Waals surface area (Å²) in [5, 5.41) is 10.6. The van der Waals surface area contributed by atoms with Gasteiger partial charge in [0.15, 0.2) is 0 Å². The van der Waals surface area contributed by atoms with Crippen molar-refractivity contribution in [3.63, 3.8) is 0 Å². The first-order chi connectivity index (χ1) is 6.24. The van der Waals surface area contributed by atoms with Gasteiger partial charge in [0, 0.05) is 18.1 Å². The second-order valence-electron chi connectivity index (χ2n) is 2.73. The number of hydrogen-bond acceptors (Lipinski definition) is 3. The molecule has 0 aliphatic heterocycles. The number of aliphatic hydroxyl groups excluding tert-OH is 1. The van der Waals surface area contributed by atoms with E-state index in [2.05, 4.69) is 4.98 Å². The third-order valence-corrected chi connectivity index (χ3v) is 3.18. The molecule has 0 aliphatic rings. The first-order valence-corrected chi connectivity index (χ1v) is 5.38. The summed E-state index contributed by atoms with van der Waals surface area (Å²) in [4.78, 5) is 4.15.